The largest absolute Gasteiger partial charge is 0.459 e. The third kappa shape index (κ3) is 5.35. The third-order valence-electron chi connectivity index (χ3n) is 0.920. The van der Waals surface area contributed by atoms with Crippen LogP contribution in [0, 0.1) is 0 Å². The van der Waals surface area contributed by atoms with Crippen LogP contribution in [0.2, 0.25) is 0 Å². The van der Waals surface area contributed by atoms with Crippen molar-refractivity contribution in [3.63, 3.8) is 0 Å². The second-order valence-corrected chi connectivity index (χ2v) is 2.56. The molecule has 2 nitrogen and oxygen atoms in total. The van der Waals surface area contributed by atoms with Crippen molar-refractivity contribution in [2.24, 2.45) is 0 Å². The van der Waals surface area contributed by atoms with E-state index in [1.54, 1.807) is 0 Å². The van der Waals surface area contributed by atoms with Crippen molar-refractivity contribution in [1.82, 2.24) is 0 Å². The maximum absolute atomic E-state index is 10.4. The Balaban J connectivity index is 3.75. The first kappa shape index (κ1) is 9.21. The fraction of sp³-hybridized carbons (Fsp3) is 0.625. The molecule has 0 unspecified atom stereocenters. The fourth-order valence-corrected chi connectivity index (χ4v) is 0.765. The van der Waals surface area contributed by atoms with Crippen LogP contribution < -0.4 is 0 Å². The maximum Gasteiger partial charge on any atom is 0.303 e. The molecule has 0 saturated carbocycles. The highest BCUT2D eigenvalue weighted by atomic mass is 16.5. The average molecular weight is 142 g/mol. The van der Waals surface area contributed by atoms with Gasteiger partial charge in [-0.3, -0.25) is 4.79 Å². The highest BCUT2D eigenvalue weighted by Gasteiger charge is 1.99. The summed E-state index contributed by atoms with van der Waals surface area (Å²) in [6, 6.07) is 0. The minimum absolute atomic E-state index is 0.0949. The highest BCUT2D eigenvalue weighted by Crippen LogP contribution is 1.98. The zero-order valence-electron chi connectivity index (χ0n) is 6.97. The van der Waals surface area contributed by atoms with Crippen LogP contribution in [-0.2, 0) is 9.53 Å². The van der Waals surface area contributed by atoms with Gasteiger partial charge in [0.1, 0.15) is 6.10 Å². The Morgan fingerprint density at radius 3 is 2.20 bits per heavy atom. The number of carbonyl (C=O) groups excluding carboxylic acids is 1. The highest BCUT2D eigenvalue weighted by molar-refractivity contribution is 5.66. The third-order valence-corrected chi connectivity index (χ3v) is 0.920. The minimum atomic E-state index is -0.231. The molecule has 58 valence electrons. The van der Waals surface area contributed by atoms with Gasteiger partial charge in [-0.15, -0.1) is 0 Å². The van der Waals surface area contributed by atoms with Crippen LogP contribution in [-0.4, -0.2) is 12.1 Å². The lowest BCUT2D eigenvalue weighted by Gasteiger charge is -2.06. The number of esters is 1. The molecule has 0 aromatic carbocycles. The molecule has 0 aliphatic heterocycles. The summed E-state index contributed by atoms with van der Waals surface area (Å²) in [4.78, 5) is 10.4. The number of rotatable bonds is 2. The van der Waals surface area contributed by atoms with E-state index in [9.17, 15) is 4.79 Å². The van der Waals surface area contributed by atoms with Crippen molar-refractivity contribution < 1.29 is 9.53 Å². The van der Waals surface area contributed by atoms with Gasteiger partial charge in [0.15, 0.2) is 0 Å². The van der Waals surface area contributed by atoms with E-state index in [2.05, 4.69) is 0 Å². The minimum Gasteiger partial charge on any atom is -0.459 e. The van der Waals surface area contributed by atoms with E-state index < -0.39 is 0 Å². The van der Waals surface area contributed by atoms with Gasteiger partial charge in [0.2, 0.25) is 0 Å². The summed E-state index contributed by atoms with van der Waals surface area (Å²) in [6.45, 7) is 7.20. The Morgan fingerprint density at radius 2 is 1.90 bits per heavy atom. The Morgan fingerprint density at radius 1 is 1.40 bits per heavy atom. The first-order valence-corrected chi connectivity index (χ1v) is 3.34. The van der Waals surface area contributed by atoms with E-state index >= 15 is 0 Å². The predicted octanol–water partition coefficient (Wildman–Crippen LogP) is 1.90. The number of carbonyl (C=O) groups is 1. The van der Waals surface area contributed by atoms with Crippen LogP contribution in [0.15, 0.2) is 11.6 Å². The summed E-state index contributed by atoms with van der Waals surface area (Å²) in [5.74, 6) is -0.231. The molecule has 0 rings (SSSR count). The van der Waals surface area contributed by atoms with Crippen LogP contribution in [0.5, 0.6) is 0 Å². The zero-order chi connectivity index (χ0) is 8.15. The first-order chi connectivity index (χ1) is 4.52. The summed E-state index contributed by atoms with van der Waals surface area (Å²) in [6.07, 6.45) is 1.81. The summed E-state index contributed by atoms with van der Waals surface area (Å²) >= 11 is 0. The molecule has 0 spiro atoms. The summed E-state index contributed by atoms with van der Waals surface area (Å²) in [7, 11) is 0. The number of hydrogen-bond donors (Lipinski definition) is 0. The van der Waals surface area contributed by atoms with E-state index in [0.29, 0.717) is 0 Å². The van der Waals surface area contributed by atoms with E-state index in [1.807, 2.05) is 26.8 Å². The molecule has 0 fully saturated rings. The van der Waals surface area contributed by atoms with Crippen LogP contribution in [0.3, 0.4) is 0 Å². The second-order valence-electron chi connectivity index (χ2n) is 2.56. The average Bonchev–Trinajstić information content (AvgIpc) is 1.58. The number of ether oxygens (including phenoxy) is 1. The summed E-state index contributed by atoms with van der Waals surface area (Å²) in [5.41, 5.74) is 1.16. The molecule has 1 atom stereocenters. The number of hydrogen-bond acceptors (Lipinski definition) is 2. The quantitative estimate of drug-likeness (QED) is 0.435. The summed E-state index contributed by atoms with van der Waals surface area (Å²) < 4.78 is 4.85. The normalized spacial score (nSPS) is 12.0. The van der Waals surface area contributed by atoms with Crippen molar-refractivity contribution in [2.75, 3.05) is 0 Å². The van der Waals surface area contributed by atoms with E-state index in [1.165, 1.54) is 6.92 Å². The second kappa shape index (κ2) is 4.09. The molecular formula is C8H14O2. The molecule has 0 aliphatic carbocycles. The Bertz CT molecular complexity index is 143. The molecule has 0 amide bonds. The van der Waals surface area contributed by atoms with Gasteiger partial charge < -0.3 is 4.74 Å². The van der Waals surface area contributed by atoms with E-state index in [0.717, 1.165) is 5.57 Å². The molecule has 0 heterocycles. The van der Waals surface area contributed by atoms with E-state index in [-0.39, 0.29) is 12.1 Å². The molecule has 0 saturated heterocycles. The molecule has 0 aliphatic rings. The molecule has 2 heteroatoms. The van der Waals surface area contributed by atoms with Crippen LogP contribution in [0.4, 0.5) is 0 Å². The lowest BCUT2D eigenvalue weighted by Crippen LogP contribution is -2.09. The molecule has 0 radical (unpaired) electrons. The van der Waals surface area contributed by atoms with Crippen molar-refractivity contribution in [3.05, 3.63) is 11.6 Å². The fourth-order valence-electron chi connectivity index (χ4n) is 0.765. The topological polar surface area (TPSA) is 26.3 Å². The standard InChI is InChI=1S/C8H14O2/c1-6(2)5-7(3)10-8(4)9/h5,7H,1-4H3/t7-/m0/s1. The monoisotopic (exact) mass is 142 g/mol. The Labute approximate surface area is 61.9 Å². The van der Waals surface area contributed by atoms with Gasteiger partial charge in [0.05, 0.1) is 0 Å². The molecule has 0 N–H and O–H groups in total. The van der Waals surface area contributed by atoms with E-state index in [4.69, 9.17) is 4.74 Å². The lowest BCUT2D eigenvalue weighted by atomic mass is 10.2. The SMILES string of the molecule is CC(=O)O[C@@H](C)C=C(C)C. The van der Waals surface area contributed by atoms with Gasteiger partial charge in [0, 0.05) is 6.92 Å². The van der Waals surface area contributed by atoms with Crippen molar-refractivity contribution in [1.29, 1.82) is 0 Å². The molecule has 10 heavy (non-hydrogen) atoms. The van der Waals surface area contributed by atoms with Gasteiger partial charge in [0.25, 0.3) is 0 Å². The van der Waals surface area contributed by atoms with Gasteiger partial charge in [-0.05, 0) is 26.8 Å². The van der Waals surface area contributed by atoms with Gasteiger partial charge >= 0.3 is 5.97 Å². The van der Waals surface area contributed by atoms with Crippen molar-refractivity contribution >= 4 is 5.97 Å². The van der Waals surface area contributed by atoms with Crippen LogP contribution in [0.1, 0.15) is 27.7 Å². The van der Waals surface area contributed by atoms with Crippen LogP contribution in [0.25, 0.3) is 0 Å². The van der Waals surface area contributed by atoms with Crippen molar-refractivity contribution in [3.8, 4) is 0 Å². The molecule has 0 aromatic rings. The molecular weight excluding hydrogens is 128 g/mol. The lowest BCUT2D eigenvalue weighted by molar-refractivity contribution is -0.143. The van der Waals surface area contributed by atoms with Crippen molar-refractivity contribution in [2.45, 2.75) is 33.8 Å². The Hall–Kier alpha value is -0.790. The van der Waals surface area contributed by atoms with Gasteiger partial charge in [-0.1, -0.05) is 5.57 Å². The Kier molecular flexibility index (Phi) is 3.77. The summed E-state index contributed by atoms with van der Waals surface area (Å²) in [5, 5.41) is 0. The molecule has 0 aromatic heterocycles. The predicted molar refractivity (Wildman–Crippen MR) is 40.7 cm³/mol. The first-order valence-electron chi connectivity index (χ1n) is 3.34. The zero-order valence-corrected chi connectivity index (χ0v) is 6.97. The van der Waals surface area contributed by atoms with Gasteiger partial charge in [-0.2, -0.15) is 0 Å². The smallest absolute Gasteiger partial charge is 0.303 e. The molecule has 0 bridgehead atoms. The number of allylic oxidation sites excluding steroid dienone is 1. The maximum atomic E-state index is 10.4. The van der Waals surface area contributed by atoms with Crippen LogP contribution >= 0.6 is 0 Å². The van der Waals surface area contributed by atoms with Gasteiger partial charge in [-0.25, -0.2) is 0 Å².